The molecular formula is C17H23ClN2O2. The van der Waals surface area contributed by atoms with Gasteiger partial charge in [0.15, 0.2) is 0 Å². The van der Waals surface area contributed by atoms with Crippen molar-refractivity contribution in [3.05, 3.63) is 28.8 Å². The summed E-state index contributed by atoms with van der Waals surface area (Å²) in [5, 5.41) is 3.61. The van der Waals surface area contributed by atoms with E-state index in [0.29, 0.717) is 28.4 Å². The van der Waals surface area contributed by atoms with Gasteiger partial charge in [-0.15, -0.1) is 0 Å². The molecule has 0 aliphatic carbocycles. The van der Waals surface area contributed by atoms with Crippen molar-refractivity contribution in [2.45, 2.75) is 37.6 Å². The predicted octanol–water partition coefficient (Wildman–Crippen LogP) is 3.10. The normalized spacial score (nSPS) is 19.9. The van der Waals surface area contributed by atoms with Crippen molar-refractivity contribution in [1.29, 1.82) is 0 Å². The lowest BCUT2D eigenvalue weighted by Gasteiger charge is -2.32. The molecule has 0 atom stereocenters. The van der Waals surface area contributed by atoms with Crippen LogP contribution in [0.25, 0.3) is 0 Å². The van der Waals surface area contributed by atoms with Crippen LogP contribution < -0.4 is 10.1 Å². The molecule has 1 aromatic carbocycles. The summed E-state index contributed by atoms with van der Waals surface area (Å²) in [6.07, 6.45) is 6.16. The van der Waals surface area contributed by atoms with E-state index in [-0.39, 0.29) is 5.91 Å². The second-order valence-electron chi connectivity index (χ2n) is 6.27. The molecule has 0 aromatic heterocycles. The van der Waals surface area contributed by atoms with Crippen molar-refractivity contribution in [2.24, 2.45) is 0 Å². The standard InChI is InChI=1S/C17H23ClN2O2/c1-22-15-12-13(18)4-5-14(15)16(21)19-9-8-17-6-2-10-20(17)11-3-7-17/h4-5,12H,2-3,6-11H2,1H3,(H,19,21). The highest BCUT2D eigenvalue weighted by Gasteiger charge is 2.43. The lowest BCUT2D eigenvalue weighted by Crippen LogP contribution is -2.41. The van der Waals surface area contributed by atoms with Gasteiger partial charge >= 0.3 is 0 Å². The highest BCUT2D eigenvalue weighted by molar-refractivity contribution is 6.30. The van der Waals surface area contributed by atoms with Gasteiger partial charge in [0.25, 0.3) is 5.91 Å². The topological polar surface area (TPSA) is 41.6 Å². The number of amides is 1. The second kappa shape index (κ2) is 6.47. The van der Waals surface area contributed by atoms with E-state index in [4.69, 9.17) is 16.3 Å². The van der Waals surface area contributed by atoms with E-state index in [2.05, 4.69) is 10.2 Å². The summed E-state index contributed by atoms with van der Waals surface area (Å²) < 4.78 is 5.24. The van der Waals surface area contributed by atoms with Gasteiger partial charge in [-0.05, 0) is 63.4 Å². The maximum absolute atomic E-state index is 12.4. The van der Waals surface area contributed by atoms with Crippen LogP contribution in [0.2, 0.25) is 5.02 Å². The van der Waals surface area contributed by atoms with Gasteiger partial charge in [-0.1, -0.05) is 11.6 Å². The maximum atomic E-state index is 12.4. The number of nitrogens with one attached hydrogen (secondary N) is 1. The number of fused-ring (bicyclic) bond motifs is 1. The van der Waals surface area contributed by atoms with Crippen LogP contribution in [-0.2, 0) is 0 Å². The third kappa shape index (κ3) is 2.95. The first-order valence-corrected chi connectivity index (χ1v) is 8.39. The number of hydrogen-bond acceptors (Lipinski definition) is 3. The maximum Gasteiger partial charge on any atom is 0.255 e. The minimum Gasteiger partial charge on any atom is -0.496 e. The molecule has 5 heteroatoms. The molecule has 1 N–H and O–H groups in total. The molecule has 0 radical (unpaired) electrons. The largest absolute Gasteiger partial charge is 0.496 e. The van der Waals surface area contributed by atoms with Gasteiger partial charge in [-0.2, -0.15) is 0 Å². The molecule has 120 valence electrons. The summed E-state index contributed by atoms with van der Waals surface area (Å²) in [6.45, 7) is 3.15. The number of methoxy groups -OCH3 is 1. The summed E-state index contributed by atoms with van der Waals surface area (Å²) in [5.74, 6) is 0.430. The van der Waals surface area contributed by atoms with Gasteiger partial charge in [0, 0.05) is 17.1 Å². The SMILES string of the molecule is COc1cc(Cl)ccc1C(=O)NCCC12CCCN1CCC2. The molecule has 2 aliphatic heterocycles. The molecular weight excluding hydrogens is 300 g/mol. The van der Waals surface area contributed by atoms with Crippen molar-refractivity contribution >= 4 is 17.5 Å². The van der Waals surface area contributed by atoms with Crippen molar-refractivity contribution in [3.63, 3.8) is 0 Å². The number of rotatable bonds is 5. The minimum atomic E-state index is -0.0903. The van der Waals surface area contributed by atoms with Gasteiger partial charge in [0.05, 0.1) is 12.7 Å². The smallest absolute Gasteiger partial charge is 0.255 e. The summed E-state index contributed by atoms with van der Waals surface area (Å²) in [4.78, 5) is 15.0. The Bertz CT molecular complexity index is 552. The van der Waals surface area contributed by atoms with Gasteiger partial charge in [0.2, 0.25) is 0 Å². The number of ether oxygens (including phenoxy) is 1. The number of nitrogens with zero attached hydrogens (tertiary/aromatic N) is 1. The number of hydrogen-bond donors (Lipinski definition) is 1. The van der Waals surface area contributed by atoms with Crippen LogP contribution in [0.5, 0.6) is 5.75 Å². The fraction of sp³-hybridized carbons (Fsp3) is 0.588. The molecule has 2 aliphatic rings. The van der Waals surface area contributed by atoms with Gasteiger partial charge in [-0.25, -0.2) is 0 Å². The molecule has 1 amide bonds. The van der Waals surface area contributed by atoms with Crippen LogP contribution in [0.4, 0.5) is 0 Å². The van der Waals surface area contributed by atoms with Crippen LogP contribution in [0.15, 0.2) is 18.2 Å². The third-order valence-electron chi connectivity index (χ3n) is 5.10. The first kappa shape index (κ1) is 15.6. The quantitative estimate of drug-likeness (QED) is 0.905. The van der Waals surface area contributed by atoms with Crippen LogP contribution >= 0.6 is 11.6 Å². The van der Waals surface area contributed by atoms with Crippen molar-refractivity contribution in [2.75, 3.05) is 26.7 Å². The highest BCUT2D eigenvalue weighted by atomic mass is 35.5. The lowest BCUT2D eigenvalue weighted by molar-refractivity contribution is 0.0940. The van der Waals surface area contributed by atoms with E-state index in [1.165, 1.54) is 38.8 Å². The first-order valence-electron chi connectivity index (χ1n) is 8.01. The molecule has 2 heterocycles. The summed E-state index contributed by atoms with van der Waals surface area (Å²) >= 11 is 5.93. The Labute approximate surface area is 136 Å². The van der Waals surface area contributed by atoms with Crippen LogP contribution in [-0.4, -0.2) is 43.1 Å². The monoisotopic (exact) mass is 322 g/mol. The zero-order valence-electron chi connectivity index (χ0n) is 13.0. The van der Waals surface area contributed by atoms with Crippen LogP contribution in [0.1, 0.15) is 42.5 Å². The molecule has 1 aromatic rings. The van der Waals surface area contributed by atoms with Gasteiger partial charge in [0.1, 0.15) is 5.75 Å². The van der Waals surface area contributed by atoms with Crippen LogP contribution in [0.3, 0.4) is 0 Å². The lowest BCUT2D eigenvalue weighted by atomic mass is 9.90. The van der Waals surface area contributed by atoms with Crippen molar-refractivity contribution in [1.82, 2.24) is 10.2 Å². The van der Waals surface area contributed by atoms with Crippen molar-refractivity contribution in [3.8, 4) is 5.75 Å². The molecule has 2 saturated heterocycles. The number of halogens is 1. The Kier molecular flexibility index (Phi) is 4.59. The number of carbonyl (C=O) groups excluding carboxylic acids is 1. The van der Waals surface area contributed by atoms with E-state index < -0.39 is 0 Å². The predicted molar refractivity (Wildman–Crippen MR) is 87.7 cm³/mol. The van der Waals surface area contributed by atoms with Gasteiger partial charge in [-0.3, -0.25) is 9.69 Å². The molecule has 2 fully saturated rings. The summed E-state index contributed by atoms with van der Waals surface area (Å²) in [7, 11) is 1.55. The number of carbonyl (C=O) groups is 1. The molecule has 0 spiro atoms. The average Bonchev–Trinajstić information content (AvgIpc) is 3.06. The van der Waals surface area contributed by atoms with Crippen LogP contribution in [0, 0.1) is 0 Å². The second-order valence-corrected chi connectivity index (χ2v) is 6.71. The average molecular weight is 323 g/mol. The fourth-order valence-corrected chi connectivity index (χ4v) is 4.15. The minimum absolute atomic E-state index is 0.0903. The Balaban J connectivity index is 1.59. The summed E-state index contributed by atoms with van der Waals surface area (Å²) in [6, 6.07) is 5.10. The Morgan fingerprint density at radius 1 is 1.36 bits per heavy atom. The first-order chi connectivity index (χ1) is 10.6. The van der Waals surface area contributed by atoms with E-state index in [0.717, 1.165) is 6.42 Å². The molecule has 0 saturated carbocycles. The highest BCUT2D eigenvalue weighted by Crippen LogP contribution is 2.40. The third-order valence-corrected chi connectivity index (χ3v) is 5.33. The molecule has 3 rings (SSSR count). The van der Waals surface area contributed by atoms with E-state index in [1.54, 1.807) is 25.3 Å². The molecule has 0 unspecified atom stereocenters. The molecule has 22 heavy (non-hydrogen) atoms. The molecule has 4 nitrogen and oxygen atoms in total. The molecule has 0 bridgehead atoms. The summed E-state index contributed by atoms with van der Waals surface area (Å²) in [5.41, 5.74) is 0.885. The van der Waals surface area contributed by atoms with E-state index >= 15 is 0 Å². The fourth-order valence-electron chi connectivity index (χ4n) is 3.99. The van der Waals surface area contributed by atoms with E-state index in [9.17, 15) is 4.79 Å². The zero-order valence-corrected chi connectivity index (χ0v) is 13.8. The zero-order chi connectivity index (χ0) is 15.6. The van der Waals surface area contributed by atoms with Crippen molar-refractivity contribution < 1.29 is 9.53 Å². The Morgan fingerprint density at radius 2 is 2.09 bits per heavy atom. The van der Waals surface area contributed by atoms with E-state index in [1.807, 2.05) is 0 Å². The van der Waals surface area contributed by atoms with Gasteiger partial charge < -0.3 is 10.1 Å². The Morgan fingerprint density at radius 3 is 2.77 bits per heavy atom. The number of benzene rings is 1. The Hall–Kier alpha value is -1.26.